The second-order valence-electron chi connectivity index (χ2n) is 5.07. The first-order valence-electron chi connectivity index (χ1n) is 6.42. The number of nitrogens with zero attached hydrogens (tertiary/aromatic N) is 1. The molecule has 1 aliphatic heterocycles. The predicted octanol–water partition coefficient (Wildman–Crippen LogP) is 3.27. The van der Waals surface area contributed by atoms with Crippen LogP contribution >= 0.6 is 15.9 Å². The van der Waals surface area contributed by atoms with Gasteiger partial charge in [-0.25, -0.2) is 4.39 Å². The van der Waals surface area contributed by atoms with Crippen LogP contribution < -0.4 is 0 Å². The average Bonchev–Trinajstić information content (AvgIpc) is 2.36. The normalized spacial score (nSPS) is 17.6. The molecule has 1 aromatic carbocycles. The quantitative estimate of drug-likeness (QED) is 0.921. The molecule has 0 unspecified atom stereocenters. The lowest BCUT2D eigenvalue weighted by molar-refractivity contribution is -0.138. The summed E-state index contributed by atoms with van der Waals surface area (Å²) in [7, 11) is 0. The molecule has 0 aliphatic carbocycles. The summed E-state index contributed by atoms with van der Waals surface area (Å²) in [6.45, 7) is 2.50. The van der Waals surface area contributed by atoms with Crippen molar-refractivity contribution in [2.75, 3.05) is 13.1 Å². The highest BCUT2D eigenvalue weighted by Gasteiger charge is 2.21. The van der Waals surface area contributed by atoms with Crippen molar-refractivity contribution >= 4 is 21.9 Å². The molecular weight excluding hydrogens is 313 g/mol. The second kappa shape index (κ2) is 6.48. The van der Waals surface area contributed by atoms with E-state index in [4.69, 9.17) is 5.11 Å². The summed E-state index contributed by atoms with van der Waals surface area (Å²) in [5.41, 5.74) is 0.956. The van der Waals surface area contributed by atoms with Crippen LogP contribution in [-0.2, 0) is 11.3 Å². The summed E-state index contributed by atoms with van der Waals surface area (Å²) in [6, 6.07) is 5.19. The Hall–Kier alpha value is -0.940. The Kier molecular flexibility index (Phi) is 4.93. The largest absolute Gasteiger partial charge is 0.481 e. The summed E-state index contributed by atoms with van der Waals surface area (Å²) < 4.78 is 13.9. The SMILES string of the molecule is O=C(O)CC1CCN(Cc2ccc(Br)c(F)c2)CC1. The maximum atomic E-state index is 13.4. The van der Waals surface area contributed by atoms with Crippen LogP contribution in [-0.4, -0.2) is 29.1 Å². The average molecular weight is 330 g/mol. The second-order valence-corrected chi connectivity index (χ2v) is 5.92. The first-order valence-corrected chi connectivity index (χ1v) is 7.22. The molecule has 1 heterocycles. The van der Waals surface area contributed by atoms with E-state index in [-0.39, 0.29) is 18.2 Å². The summed E-state index contributed by atoms with van der Waals surface area (Å²) in [5.74, 6) is -0.665. The van der Waals surface area contributed by atoms with Crippen molar-refractivity contribution < 1.29 is 14.3 Å². The van der Waals surface area contributed by atoms with E-state index in [9.17, 15) is 9.18 Å². The lowest BCUT2D eigenvalue weighted by Gasteiger charge is -2.31. The van der Waals surface area contributed by atoms with Gasteiger partial charge >= 0.3 is 5.97 Å². The van der Waals surface area contributed by atoms with E-state index >= 15 is 0 Å². The molecule has 1 aromatic rings. The molecule has 1 fully saturated rings. The van der Waals surface area contributed by atoms with Crippen LogP contribution in [0.15, 0.2) is 22.7 Å². The monoisotopic (exact) mass is 329 g/mol. The number of hydrogen-bond acceptors (Lipinski definition) is 2. The van der Waals surface area contributed by atoms with Crippen molar-refractivity contribution in [3.05, 3.63) is 34.1 Å². The number of aliphatic carboxylic acids is 1. The van der Waals surface area contributed by atoms with Gasteiger partial charge in [-0.2, -0.15) is 0 Å². The fourth-order valence-corrected chi connectivity index (χ4v) is 2.74. The molecular formula is C14H17BrFNO2. The third-order valence-electron chi connectivity index (χ3n) is 3.56. The first-order chi connectivity index (χ1) is 9.04. The van der Waals surface area contributed by atoms with Crippen LogP contribution in [0.2, 0.25) is 0 Å². The molecule has 0 bridgehead atoms. The van der Waals surface area contributed by atoms with E-state index < -0.39 is 5.97 Å². The van der Waals surface area contributed by atoms with Gasteiger partial charge in [0.2, 0.25) is 0 Å². The molecule has 19 heavy (non-hydrogen) atoms. The Labute approximate surface area is 120 Å². The Bertz CT molecular complexity index is 459. The van der Waals surface area contributed by atoms with E-state index in [1.807, 2.05) is 6.07 Å². The van der Waals surface area contributed by atoms with E-state index in [1.165, 1.54) is 0 Å². The third-order valence-corrected chi connectivity index (χ3v) is 4.20. The number of carboxylic acids is 1. The Morgan fingerprint density at radius 2 is 2.11 bits per heavy atom. The predicted molar refractivity (Wildman–Crippen MR) is 74.4 cm³/mol. The smallest absolute Gasteiger partial charge is 0.303 e. The molecule has 0 amide bonds. The molecule has 3 nitrogen and oxygen atoms in total. The standard InChI is InChI=1S/C14H17BrFNO2/c15-12-2-1-11(7-13(12)16)9-17-5-3-10(4-6-17)8-14(18)19/h1-2,7,10H,3-6,8-9H2,(H,18,19). The lowest BCUT2D eigenvalue weighted by atomic mass is 9.93. The fourth-order valence-electron chi connectivity index (χ4n) is 2.49. The summed E-state index contributed by atoms with van der Waals surface area (Å²) >= 11 is 3.14. The van der Waals surface area contributed by atoms with Crippen molar-refractivity contribution in [2.24, 2.45) is 5.92 Å². The molecule has 0 spiro atoms. The van der Waals surface area contributed by atoms with Crippen LogP contribution in [0.3, 0.4) is 0 Å². The highest BCUT2D eigenvalue weighted by molar-refractivity contribution is 9.10. The van der Waals surface area contributed by atoms with E-state index in [0.29, 0.717) is 4.47 Å². The number of rotatable bonds is 4. The summed E-state index contributed by atoms with van der Waals surface area (Å²) in [6.07, 6.45) is 2.08. The molecule has 0 radical (unpaired) electrons. The van der Waals surface area contributed by atoms with Gasteiger partial charge in [-0.15, -0.1) is 0 Å². The number of likely N-dealkylation sites (tertiary alicyclic amines) is 1. The number of piperidine rings is 1. The highest BCUT2D eigenvalue weighted by Crippen LogP contribution is 2.23. The van der Waals surface area contributed by atoms with Gasteiger partial charge < -0.3 is 5.11 Å². The fraction of sp³-hybridized carbons (Fsp3) is 0.500. The van der Waals surface area contributed by atoms with E-state index in [1.54, 1.807) is 12.1 Å². The van der Waals surface area contributed by atoms with Gasteiger partial charge in [0.1, 0.15) is 5.82 Å². The zero-order valence-electron chi connectivity index (χ0n) is 10.6. The van der Waals surface area contributed by atoms with Gasteiger partial charge in [0.15, 0.2) is 0 Å². The van der Waals surface area contributed by atoms with Crippen LogP contribution in [0.5, 0.6) is 0 Å². The highest BCUT2D eigenvalue weighted by atomic mass is 79.9. The molecule has 1 saturated heterocycles. The van der Waals surface area contributed by atoms with Crippen LogP contribution in [0.25, 0.3) is 0 Å². The Morgan fingerprint density at radius 3 is 2.68 bits per heavy atom. The number of carbonyl (C=O) groups is 1. The van der Waals surface area contributed by atoms with Crippen molar-refractivity contribution in [2.45, 2.75) is 25.8 Å². The first kappa shape index (κ1) is 14.5. The lowest BCUT2D eigenvalue weighted by Crippen LogP contribution is -2.33. The van der Waals surface area contributed by atoms with Crippen LogP contribution in [0.4, 0.5) is 4.39 Å². The van der Waals surface area contributed by atoms with E-state index in [2.05, 4.69) is 20.8 Å². The number of halogens is 2. The molecule has 2 rings (SSSR count). The van der Waals surface area contributed by atoms with Crippen molar-refractivity contribution in [3.63, 3.8) is 0 Å². The topological polar surface area (TPSA) is 40.5 Å². The van der Waals surface area contributed by atoms with Crippen molar-refractivity contribution in [1.29, 1.82) is 0 Å². The molecule has 0 saturated carbocycles. The minimum Gasteiger partial charge on any atom is -0.481 e. The molecule has 5 heteroatoms. The number of carboxylic acid groups (broad SMARTS) is 1. The minimum absolute atomic E-state index is 0.238. The van der Waals surface area contributed by atoms with Crippen molar-refractivity contribution in [3.8, 4) is 0 Å². The van der Waals surface area contributed by atoms with Crippen LogP contribution in [0.1, 0.15) is 24.8 Å². The molecule has 0 atom stereocenters. The van der Waals surface area contributed by atoms with Gasteiger partial charge in [0.25, 0.3) is 0 Å². The number of hydrogen-bond donors (Lipinski definition) is 1. The van der Waals surface area contributed by atoms with Crippen molar-refractivity contribution in [1.82, 2.24) is 4.90 Å². The summed E-state index contributed by atoms with van der Waals surface area (Å²) in [5, 5.41) is 8.76. The third kappa shape index (κ3) is 4.28. The van der Waals surface area contributed by atoms with E-state index in [0.717, 1.165) is 38.0 Å². The zero-order valence-corrected chi connectivity index (χ0v) is 12.2. The summed E-state index contributed by atoms with van der Waals surface area (Å²) in [4.78, 5) is 12.9. The molecule has 104 valence electrons. The molecule has 1 aliphatic rings. The van der Waals surface area contributed by atoms with Crippen LogP contribution in [0, 0.1) is 11.7 Å². The van der Waals surface area contributed by atoms with Gasteiger partial charge in [-0.1, -0.05) is 6.07 Å². The molecule has 1 N–H and O–H groups in total. The van der Waals surface area contributed by atoms with Gasteiger partial charge in [-0.3, -0.25) is 9.69 Å². The maximum absolute atomic E-state index is 13.4. The van der Waals surface area contributed by atoms with Gasteiger partial charge in [0, 0.05) is 13.0 Å². The number of benzene rings is 1. The maximum Gasteiger partial charge on any atom is 0.303 e. The molecule has 0 aromatic heterocycles. The van der Waals surface area contributed by atoms with Gasteiger partial charge in [-0.05, 0) is 65.5 Å². The Morgan fingerprint density at radius 1 is 1.42 bits per heavy atom. The van der Waals surface area contributed by atoms with Gasteiger partial charge in [0.05, 0.1) is 4.47 Å². The Balaban J connectivity index is 1.85. The zero-order chi connectivity index (χ0) is 13.8. The minimum atomic E-state index is -0.714.